The van der Waals surface area contributed by atoms with Gasteiger partial charge in [0.2, 0.25) is 6.08 Å². The molecule has 0 spiro atoms. The lowest BCUT2D eigenvalue weighted by molar-refractivity contribution is 0.560. The van der Waals surface area contributed by atoms with Crippen molar-refractivity contribution in [2.24, 2.45) is 4.99 Å². The van der Waals surface area contributed by atoms with Crippen molar-refractivity contribution < 1.29 is 13.6 Å². The Morgan fingerprint density at radius 2 is 1.44 bits per heavy atom. The second-order valence-electron chi connectivity index (χ2n) is 3.73. The number of isocyanates is 1. The van der Waals surface area contributed by atoms with Crippen molar-refractivity contribution in [3.8, 4) is 0 Å². The average Bonchev–Trinajstić information content (AvgIpc) is 2.36. The molecule has 0 heterocycles. The minimum absolute atomic E-state index is 0.435. The standard InChI is InChI=1S/C14H9F2NO/c15-12-5-1-3-10(7-12)14(17-9-18)11-4-2-6-13(16)8-11/h1-8,14H. The topological polar surface area (TPSA) is 29.4 Å². The highest BCUT2D eigenvalue weighted by Gasteiger charge is 2.14. The van der Waals surface area contributed by atoms with E-state index < -0.39 is 17.7 Å². The summed E-state index contributed by atoms with van der Waals surface area (Å²) in [7, 11) is 0. The maximum absolute atomic E-state index is 13.1. The third kappa shape index (κ3) is 2.67. The Morgan fingerprint density at radius 3 is 1.83 bits per heavy atom. The quantitative estimate of drug-likeness (QED) is 0.602. The lowest BCUT2D eigenvalue weighted by atomic mass is 9.99. The zero-order valence-corrected chi connectivity index (χ0v) is 9.31. The molecule has 0 aliphatic rings. The van der Waals surface area contributed by atoms with Crippen LogP contribution in [0.25, 0.3) is 0 Å². The van der Waals surface area contributed by atoms with E-state index in [2.05, 4.69) is 4.99 Å². The Kier molecular flexibility index (Phi) is 3.60. The molecule has 2 nitrogen and oxygen atoms in total. The van der Waals surface area contributed by atoms with Crippen LogP contribution in [0, 0.1) is 11.6 Å². The number of carbonyl (C=O) groups excluding carboxylic acids is 1. The second kappa shape index (κ2) is 5.34. The first-order chi connectivity index (χ1) is 8.70. The molecule has 2 aromatic carbocycles. The van der Waals surface area contributed by atoms with Gasteiger partial charge in [-0.05, 0) is 35.4 Å². The van der Waals surface area contributed by atoms with Crippen molar-refractivity contribution in [1.29, 1.82) is 0 Å². The summed E-state index contributed by atoms with van der Waals surface area (Å²) in [6, 6.07) is 10.6. The zero-order valence-electron chi connectivity index (χ0n) is 9.31. The third-order valence-corrected chi connectivity index (χ3v) is 2.51. The average molecular weight is 245 g/mol. The van der Waals surface area contributed by atoms with Gasteiger partial charge in [0, 0.05) is 0 Å². The molecule has 90 valence electrons. The van der Waals surface area contributed by atoms with Gasteiger partial charge in [-0.1, -0.05) is 24.3 Å². The summed E-state index contributed by atoms with van der Waals surface area (Å²) in [5.41, 5.74) is 0.952. The fourth-order valence-corrected chi connectivity index (χ4v) is 1.75. The van der Waals surface area contributed by atoms with Crippen molar-refractivity contribution >= 4 is 6.08 Å². The van der Waals surface area contributed by atoms with E-state index in [1.165, 1.54) is 42.5 Å². The van der Waals surface area contributed by atoms with Gasteiger partial charge in [-0.25, -0.2) is 13.6 Å². The van der Waals surface area contributed by atoms with Crippen LogP contribution in [0.5, 0.6) is 0 Å². The molecule has 0 aliphatic carbocycles. The van der Waals surface area contributed by atoms with Crippen LogP contribution >= 0.6 is 0 Å². The summed E-state index contributed by atoms with van der Waals surface area (Å²) >= 11 is 0. The highest BCUT2D eigenvalue weighted by Crippen LogP contribution is 2.26. The van der Waals surface area contributed by atoms with Gasteiger partial charge in [-0.2, -0.15) is 4.99 Å². The second-order valence-corrected chi connectivity index (χ2v) is 3.73. The molecule has 0 aromatic heterocycles. The molecule has 0 amide bonds. The van der Waals surface area contributed by atoms with Crippen molar-refractivity contribution in [3.05, 3.63) is 71.3 Å². The van der Waals surface area contributed by atoms with E-state index >= 15 is 0 Å². The molecule has 0 radical (unpaired) electrons. The van der Waals surface area contributed by atoms with Crippen LogP contribution in [0.15, 0.2) is 53.5 Å². The minimum Gasteiger partial charge on any atom is -0.211 e. The summed E-state index contributed by atoms with van der Waals surface area (Å²) in [5.74, 6) is -0.870. The smallest absolute Gasteiger partial charge is 0.211 e. The molecule has 0 saturated carbocycles. The number of benzene rings is 2. The molecule has 18 heavy (non-hydrogen) atoms. The molecule has 0 fully saturated rings. The molecule has 0 bridgehead atoms. The number of rotatable bonds is 3. The van der Waals surface area contributed by atoms with Gasteiger partial charge < -0.3 is 0 Å². The van der Waals surface area contributed by atoms with Crippen LogP contribution in [-0.4, -0.2) is 6.08 Å². The Bertz CT molecular complexity index is 561. The van der Waals surface area contributed by atoms with Gasteiger partial charge in [-0.15, -0.1) is 0 Å². The highest BCUT2D eigenvalue weighted by atomic mass is 19.1. The lowest BCUT2D eigenvalue weighted by Gasteiger charge is -2.11. The van der Waals surface area contributed by atoms with E-state index in [4.69, 9.17) is 0 Å². The van der Waals surface area contributed by atoms with E-state index in [9.17, 15) is 13.6 Å². The Morgan fingerprint density at radius 1 is 0.944 bits per heavy atom. The van der Waals surface area contributed by atoms with Crippen LogP contribution in [-0.2, 0) is 4.79 Å². The van der Waals surface area contributed by atoms with Gasteiger partial charge in [0.1, 0.15) is 17.7 Å². The minimum atomic E-state index is -0.742. The molecule has 2 rings (SSSR count). The number of aliphatic imine (C=N–C) groups is 1. The Hall–Kier alpha value is -2.32. The van der Waals surface area contributed by atoms with Gasteiger partial charge >= 0.3 is 0 Å². The van der Waals surface area contributed by atoms with E-state index in [-0.39, 0.29) is 0 Å². The molecule has 4 heteroatoms. The molecule has 0 atom stereocenters. The van der Waals surface area contributed by atoms with Gasteiger partial charge in [-0.3, -0.25) is 0 Å². The molecular formula is C14H9F2NO. The molecule has 0 aliphatic heterocycles. The zero-order chi connectivity index (χ0) is 13.0. The monoisotopic (exact) mass is 245 g/mol. The molecular weight excluding hydrogens is 236 g/mol. The predicted molar refractivity (Wildman–Crippen MR) is 62.8 cm³/mol. The first kappa shape index (κ1) is 12.1. The highest BCUT2D eigenvalue weighted by molar-refractivity contribution is 5.40. The van der Waals surface area contributed by atoms with Crippen molar-refractivity contribution in [2.45, 2.75) is 6.04 Å². The first-order valence-electron chi connectivity index (χ1n) is 5.28. The summed E-state index contributed by atoms with van der Waals surface area (Å²) in [4.78, 5) is 14.1. The fraction of sp³-hybridized carbons (Fsp3) is 0.0714. The number of hydrogen-bond acceptors (Lipinski definition) is 2. The van der Waals surface area contributed by atoms with Crippen LogP contribution in [0.1, 0.15) is 17.2 Å². The van der Waals surface area contributed by atoms with Gasteiger partial charge in [0.25, 0.3) is 0 Å². The van der Waals surface area contributed by atoms with E-state index in [1.807, 2.05) is 0 Å². The Balaban J connectivity index is 2.49. The third-order valence-electron chi connectivity index (χ3n) is 2.51. The first-order valence-corrected chi connectivity index (χ1v) is 5.28. The Labute approximate surface area is 103 Å². The van der Waals surface area contributed by atoms with Crippen molar-refractivity contribution in [2.75, 3.05) is 0 Å². The SMILES string of the molecule is O=C=NC(c1cccc(F)c1)c1cccc(F)c1. The lowest BCUT2D eigenvalue weighted by Crippen LogP contribution is -1.99. The fourth-order valence-electron chi connectivity index (χ4n) is 1.75. The maximum Gasteiger partial charge on any atom is 0.235 e. The van der Waals surface area contributed by atoms with Crippen LogP contribution < -0.4 is 0 Å². The van der Waals surface area contributed by atoms with Gasteiger partial charge in [0.05, 0.1) is 0 Å². The summed E-state index contributed by atoms with van der Waals surface area (Å²) in [6.07, 6.45) is 1.43. The van der Waals surface area contributed by atoms with E-state index in [0.717, 1.165) is 0 Å². The molecule has 0 saturated heterocycles. The van der Waals surface area contributed by atoms with Gasteiger partial charge in [0.15, 0.2) is 0 Å². The van der Waals surface area contributed by atoms with E-state index in [1.54, 1.807) is 12.1 Å². The molecule has 0 unspecified atom stereocenters. The largest absolute Gasteiger partial charge is 0.235 e. The number of halogens is 2. The molecule has 0 N–H and O–H groups in total. The van der Waals surface area contributed by atoms with E-state index in [0.29, 0.717) is 11.1 Å². The maximum atomic E-state index is 13.1. The summed E-state index contributed by atoms with van der Waals surface area (Å²) < 4.78 is 26.3. The normalized spacial score (nSPS) is 10.2. The van der Waals surface area contributed by atoms with Crippen molar-refractivity contribution in [3.63, 3.8) is 0 Å². The predicted octanol–water partition coefficient (Wildman–Crippen LogP) is 3.39. The van der Waals surface area contributed by atoms with Crippen molar-refractivity contribution in [1.82, 2.24) is 0 Å². The number of nitrogens with zero attached hydrogens (tertiary/aromatic N) is 1. The van der Waals surface area contributed by atoms with Crippen LogP contribution in [0.2, 0.25) is 0 Å². The summed E-state index contributed by atoms with van der Waals surface area (Å²) in [5, 5.41) is 0. The summed E-state index contributed by atoms with van der Waals surface area (Å²) in [6.45, 7) is 0. The van der Waals surface area contributed by atoms with Crippen LogP contribution in [0.4, 0.5) is 8.78 Å². The molecule has 2 aromatic rings. The number of hydrogen-bond donors (Lipinski definition) is 0. The van der Waals surface area contributed by atoms with Crippen LogP contribution in [0.3, 0.4) is 0 Å².